The lowest BCUT2D eigenvalue weighted by Gasteiger charge is -2.59. The van der Waals surface area contributed by atoms with E-state index in [-0.39, 0.29) is 40.2 Å². The van der Waals surface area contributed by atoms with Gasteiger partial charge in [-0.25, -0.2) is 8.42 Å². The number of amides is 1. The lowest BCUT2D eigenvalue weighted by Crippen LogP contribution is -2.55. The first kappa shape index (κ1) is 22.0. The number of sulfone groups is 1. The predicted molar refractivity (Wildman–Crippen MR) is 134 cm³/mol. The van der Waals surface area contributed by atoms with E-state index in [0.29, 0.717) is 5.56 Å². The predicted octanol–water partition coefficient (Wildman–Crippen LogP) is 4.01. The molecule has 6 nitrogen and oxygen atoms in total. The molecule has 2 aliphatic heterocycles. The van der Waals surface area contributed by atoms with Crippen LogP contribution in [-0.4, -0.2) is 48.3 Å². The van der Waals surface area contributed by atoms with E-state index in [1.165, 1.54) is 50.3 Å². The number of carbonyl (C=O) groups is 1. The highest BCUT2D eigenvalue weighted by Gasteiger charge is 2.53. The molecule has 7 rings (SSSR count). The average molecular weight is 488 g/mol. The molecule has 5 fully saturated rings. The van der Waals surface area contributed by atoms with Gasteiger partial charge >= 0.3 is 0 Å². The molecule has 1 saturated heterocycles. The Morgan fingerprint density at radius 3 is 2.42 bits per heavy atom. The van der Waals surface area contributed by atoms with Crippen molar-refractivity contribution in [3.63, 3.8) is 0 Å². The molecule has 0 radical (unpaired) electrons. The summed E-state index contributed by atoms with van der Waals surface area (Å²) in [6, 6.07) is 5.80. The van der Waals surface area contributed by atoms with Crippen LogP contribution >= 0.6 is 11.8 Å². The summed E-state index contributed by atoms with van der Waals surface area (Å²) >= 11 is 1.50. The number of hydrogen-bond acceptors (Lipinski definition) is 6. The van der Waals surface area contributed by atoms with Crippen molar-refractivity contribution in [3.8, 4) is 0 Å². The fraction of sp³-hybridized carbons (Fsp3) is 0.680. The fourth-order valence-corrected chi connectivity index (χ4v) is 11.2. The van der Waals surface area contributed by atoms with E-state index >= 15 is 0 Å². The fourth-order valence-electron chi connectivity index (χ4n) is 7.57. The van der Waals surface area contributed by atoms with Gasteiger partial charge in [0, 0.05) is 22.5 Å². The van der Waals surface area contributed by atoms with E-state index in [9.17, 15) is 13.2 Å². The van der Waals surface area contributed by atoms with Gasteiger partial charge in [0.2, 0.25) is 0 Å². The summed E-state index contributed by atoms with van der Waals surface area (Å²) in [5.74, 6) is 2.92. The van der Waals surface area contributed by atoms with Crippen LogP contribution in [0.5, 0.6) is 0 Å². The molecule has 3 atom stereocenters. The lowest BCUT2D eigenvalue weighted by molar-refractivity contribution is -0.0688. The molecule has 1 amide bonds. The summed E-state index contributed by atoms with van der Waals surface area (Å²) in [4.78, 5) is 17.8. The molecule has 1 aromatic rings. The van der Waals surface area contributed by atoms with Crippen molar-refractivity contribution in [1.82, 2.24) is 5.32 Å². The summed E-state index contributed by atoms with van der Waals surface area (Å²) in [5.41, 5.74) is 2.84. The van der Waals surface area contributed by atoms with E-state index in [1.54, 1.807) is 0 Å². The Kier molecular flexibility index (Phi) is 5.15. The topological polar surface area (TPSA) is 87.6 Å². The van der Waals surface area contributed by atoms with Crippen molar-refractivity contribution in [2.24, 2.45) is 28.2 Å². The number of benzene rings is 1. The Morgan fingerprint density at radius 1 is 1.12 bits per heavy atom. The van der Waals surface area contributed by atoms with Crippen LogP contribution < -0.4 is 10.6 Å². The molecule has 1 aromatic carbocycles. The van der Waals surface area contributed by atoms with Crippen LogP contribution in [0.1, 0.15) is 61.4 Å². The van der Waals surface area contributed by atoms with Crippen LogP contribution in [0.3, 0.4) is 0 Å². The number of nitrogens with one attached hydrogen (secondary N) is 2. The molecule has 178 valence electrons. The van der Waals surface area contributed by atoms with Crippen molar-refractivity contribution >= 4 is 38.4 Å². The summed E-state index contributed by atoms with van der Waals surface area (Å²) in [7, 11) is -2.96. The van der Waals surface area contributed by atoms with Crippen LogP contribution in [0, 0.1) is 30.1 Å². The Balaban J connectivity index is 1.15. The van der Waals surface area contributed by atoms with Crippen molar-refractivity contribution in [3.05, 3.63) is 29.3 Å². The van der Waals surface area contributed by atoms with Gasteiger partial charge in [-0.3, -0.25) is 9.79 Å². The average Bonchev–Trinajstić information content (AvgIpc) is 3.21. The van der Waals surface area contributed by atoms with Crippen molar-refractivity contribution < 1.29 is 13.2 Å². The molecule has 4 saturated carbocycles. The Labute approximate surface area is 200 Å². The van der Waals surface area contributed by atoms with Crippen LogP contribution in [-0.2, 0) is 9.84 Å². The molecule has 2 heterocycles. The molecule has 0 spiro atoms. The van der Waals surface area contributed by atoms with E-state index in [2.05, 4.69) is 22.5 Å². The molecule has 6 aliphatic rings. The molecule has 0 unspecified atom stereocenters. The minimum atomic E-state index is -2.96. The normalized spacial score (nSPS) is 38.6. The van der Waals surface area contributed by atoms with Gasteiger partial charge in [-0.1, -0.05) is 17.8 Å². The Hall–Kier alpha value is -1.54. The van der Waals surface area contributed by atoms with E-state index in [1.807, 2.05) is 25.1 Å². The zero-order valence-corrected chi connectivity index (χ0v) is 21.0. The maximum absolute atomic E-state index is 13.2. The molecule has 8 heteroatoms. The van der Waals surface area contributed by atoms with Gasteiger partial charge in [0.25, 0.3) is 5.91 Å². The van der Waals surface area contributed by atoms with Crippen LogP contribution in [0.25, 0.3) is 0 Å². The van der Waals surface area contributed by atoms with Gasteiger partial charge < -0.3 is 10.6 Å². The number of hydrogen-bond donors (Lipinski definition) is 2. The second-order valence-electron chi connectivity index (χ2n) is 11.4. The highest BCUT2D eigenvalue weighted by Crippen LogP contribution is 2.61. The largest absolute Gasteiger partial charge is 0.349 e. The third kappa shape index (κ3) is 4.01. The van der Waals surface area contributed by atoms with E-state index in [0.717, 1.165) is 34.2 Å². The van der Waals surface area contributed by atoms with Crippen LogP contribution in [0.4, 0.5) is 5.69 Å². The quantitative estimate of drug-likeness (QED) is 0.670. The zero-order valence-electron chi connectivity index (χ0n) is 19.3. The lowest BCUT2D eigenvalue weighted by atomic mass is 9.48. The van der Waals surface area contributed by atoms with Crippen LogP contribution in [0.15, 0.2) is 23.2 Å². The van der Waals surface area contributed by atoms with Gasteiger partial charge in [-0.2, -0.15) is 0 Å². The number of anilines is 1. The van der Waals surface area contributed by atoms with Crippen LogP contribution in [0.2, 0.25) is 0 Å². The number of carbonyl (C=O) groups excluding carboxylic acids is 1. The van der Waals surface area contributed by atoms with Crippen molar-refractivity contribution in [2.75, 3.05) is 16.8 Å². The Morgan fingerprint density at radius 2 is 1.79 bits per heavy atom. The van der Waals surface area contributed by atoms with Gasteiger partial charge in [0.05, 0.1) is 17.5 Å². The van der Waals surface area contributed by atoms with E-state index in [4.69, 9.17) is 0 Å². The van der Waals surface area contributed by atoms with Crippen molar-refractivity contribution in [2.45, 2.75) is 69.7 Å². The highest BCUT2D eigenvalue weighted by molar-refractivity contribution is 8.15. The third-order valence-corrected chi connectivity index (χ3v) is 12.1. The summed E-state index contributed by atoms with van der Waals surface area (Å²) in [5, 5.41) is 7.48. The molecule has 4 aliphatic carbocycles. The number of aliphatic imine (C=N–C) groups is 1. The minimum Gasteiger partial charge on any atom is -0.349 e. The minimum absolute atomic E-state index is 0.00502. The molecule has 0 aromatic heterocycles. The second-order valence-corrected chi connectivity index (χ2v) is 14.7. The number of fused-ring (bicyclic) bond motifs is 1. The number of rotatable bonds is 4. The number of thioether (sulfide) groups is 1. The van der Waals surface area contributed by atoms with Crippen molar-refractivity contribution in [1.29, 1.82) is 0 Å². The second kappa shape index (κ2) is 7.74. The summed E-state index contributed by atoms with van der Waals surface area (Å²) in [6.07, 6.45) is 8.04. The number of nitrogens with zero attached hydrogens (tertiary/aromatic N) is 1. The molecule has 33 heavy (non-hydrogen) atoms. The summed E-state index contributed by atoms with van der Waals surface area (Å²) in [6.45, 7) is 4.22. The Bertz CT molecular complexity index is 1090. The molecular weight excluding hydrogens is 454 g/mol. The highest BCUT2D eigenvalue weighted by atomic mass is 32.2. The monoisotopic (exact) mass is 487 g/mol. The molecule has 2 N–H and O–H groups in total. The first-order valence-corrected chi connectivity index (χ1v) is 15.0. The molecular formula is C25H33N3O3S2. The first-order chi connectivity index (χ1) is 15.7. The zero-order chi connectivity index (χ0) is 23.0. The maximum atomic E-state index is 13.2. The number of amidine groups is 1. The number of aryl methyl sites for hydroxylation is 1. The first-order valence-electron chi connectivity index (χ1n) is 12.3. The maximum Gasteiger partial charge on any atom is 0.251 e. The van der Waals surface area contributed by atoms with Gasteiger partial charge in [0.15, 0.2) is 15.0 Å². The third-order valence-electron chi connectivity index (χ3n) is 8.91. The van der Waals surface area contributed by atoms with E-state index < -0.39 is 9.84 Å². The van der Waals surface area contributed by atoms with Gasteiger partial charge in [-0.05, 0) is 93.2 Å². The smallest absolute Gasteiger partial charge is 0.251 e. The van der Waals surface area contributed by atoms with Gasteiger partial charge in [-0.15, -0.1) is 0 Å². The standard InChI is InChI=1S/C25H33N3O3S2/c1-14-3-4-19(8-20(14)27-24-28-21-12-33(30,31)13-22(21)32-24)23(29)26-15(2)25-9-16-5-17(10-25)7-18(6-16)11-25/h3-4,8,15-18,21-22H,5-7,9-13H2,1-2H3,(H,26,29)(H,27,28)/t15-,16?,17?,18?,21+,22+,25?/m1/s1. The SMILES string of the molecule is Cc1ccc(C(=O)N[C@H](C)C23CC4CC(CC(C4)C2)C3)cc1NC1=N[C@H]2CS(=O)(=O)C[C@@H]2S1. The summed E-state index contributed by atoms with van der Waals surface area (Å²) < 4.78 is 23.6. The molecule has 4 bridgehead atoms. The van der Waals surface area contributed by atoms with Gasteiger partial charge in [0.1, 0.15) is 0 Å².